The van der Waals surface area contributed by atoms with Crippen molar-refractivity contribution >= 4 is 34.6 Å². The fourth-order valence-electron chi connectivity index (χ4n) is 4.58. The predicted octanol–water partition coefficient (Wildman–Crippen LogP) is 1.25. The van der Waals surface area contributed by atoms with E-state index in [-0.39, 0.29) is 25.2 Å². The van der Waals surface area contributed by atoms with E-state index in [1.165, 1.54) is 6.92 Å². The van der Waals surface area contributed by atoms with Crippen LogP contribution in [0.2, 0.25) is 0 Å². The Morgan fingerprint density at radius 1 is 0.829 bits per heavy atom. The minimum atomic E-state index is -1.46. The SMILES string of the molecule is CC(C)CC(NC(=O)C(NC(=O)C(Cc1c[nH]c2ccccc12)NC(=O)C(N)Cc1ccccc1)C(C)O)C(=O)O. The third kappa shape index (κ3) is 8.89. The molecular formula is C30H39N5O6. The van der Waals surface area contributed by atoms with Crippen LogP contribution in [0.5, 0.6) is 0 Å². The standard InChI is InChI=1S/C30H39N5O6/c1-17(2)13-25(30(40)41)34-29(39)26(18(3)36)35-28(38)24(15-20-16-32-23-12-8-7-11-21(20)23)33-27(37)22(31)14-19-9-5-4-6-10-19/h4-12,16-18,22,24-26,32,36H,13-15,31H2,1-3H3,(H,33,37)(H,34,39)(H,35,38)(H,40,41). The molecule has 5 unspecified atom stereocenters. The fraction of sp³-hybridized carbons (Fsp3) is 0.400. The van der Waals surface area contributed by atoms with Crippen molar-refractivity contribution in [3.63, 3.8) is 0 Å². The monoisotopic (exact) mass is 565 g/mol. The summed E-state index contributed by atoms with van der Waals surface area (Å²) in [6.07, 6.45) is 0.874. The number of hydrogen-bond acceptors (Lipinski definition) is 6. The number of H-pyrrole nitrogens is 1. The minimum Gasteiger partial charge on any atom is -0.480 e. The molecule has 0 saturated carbocycles. The molecule has 8 N–H and O–H groups in total. The molecule has 11 nitrogen and oxygen atoms in total. The number of benzene rings is 2. The number of hydrogen-bond donors (Lipinski definition) is 7. The van der Waals surface area contributed by atoms with Gasteiger partial charge in [-0.2, -0.15) is 0 Å². The molecule has 0 aliphatic carbocycles. The zero-order valence-electron chi connectivity index (χ0n) is 23.5. The highest BCUT2D eigenvalue weighted by Gasteiger charge is 2.33. The summed E-state index contributed by atoms with van der Waals surface area (Å²) in [6, 6.07) is 12.0. The van der Waals surface area contributed by atoms with Gasteiger partial charge in [-0.3, -0.25) is 14.4 Å². The Hall–Kier alpha value is -4.22. The molecule has 0 bridgehead atoms. The molecule has 0 spiro atoms. The Labute approximate surface area is 238 Å². The van der Waals surface area contributed by atoms with E-state index < -0.39 is 54.0 Å². The fourth-order valence-corrected chi connectivity index (χ4v) is 4.58. The van der Waals surface area contributed by atoms with Crippen LogP contribution in [0.3, 0.4) is 0 Å². The smallest absolute Gasteiger partial charge is 0.326 e. The van der Waals surface area contributed by atoms with Gasteiger partial charge in [-0.25, -0.2) is 4.79 Å². The molecule has 1 heterocycles. The second-order valence-corrected chi connectivity index (χ2v) is 10.7. The lowest BCUT2D eigenvalue weighted by Crippen LogP contribution is -2.60. The Morgan fingerprint density at radius 3 is 2.10 bits per heavy atom. The van der Waals surface area contributed by atoms with Crippen LogP contribution in [0.1, 0.15) is 38.3 Å². The first-order chi connectivity index (χ1) is 19.5. The molecule has 0 saturated heterocycles. The lowest BCUT2D eigenvalue weighted by molar-refractivity contribution is -0.143. The molecule has 5 atom stereocenters. The average Bonchev–Trinajstić information content (AvgIpc) is 3.33. The van der Waals surface area contributed by atoms with Gasteiger partial charge < -0.3 is 36.9 Å². The average molecular weight is 566 g/mol. The number of nitrogens with one attached hydrogen (secondary N) is 4. The summed E-state index contributed by atoms with van der Waals surface area (Å²) in [5.41, 5.74) is 8.62. The van der Waals surface area contributed by atoms with E-state index in [0.29, 0.717) is 0 Å². The summed E-state index contributed by atoms with van der Waals surface area (Å²) >= 11 is 0. The number of aromatic nitrogens is 1. The molecular weight excluding hydrogens is 526 g/mol. The van der Waals surface area contributed by atoms with Gasteiger partial charge in [0.05, 0.1) is 12.1 Å². The third-order valence-corrected chi connectivity index (χ3v) is 6.75. The molecule has 3 rings (SSSR count). The molecule has 2 aromatic carbocycles. The maximum Gasteiger partial charge on any atom is 0.326 e. The highest BCUT2D eigenvalue weighted by atomic mass is 16.4. The number of fused-ring (bicyclic) bond motifs is 1. The first-order valence-electron chi connectivity index (χ1n) is 13.6. The lowest BCUT2D eigenvalue weighted by atomic mass is 10.0. The van der Waals surface area contributed by atoms with Crippen LogP contribution in [0.25, 0.3) is 10.9 Å². The zero-order chi connectivity index (χ0) is 30.1. The Morgan fingerprint density at radius 2 is 1.46 bits per heavy atom. The highest BCUT2D eigenvalue weighted by Crippen LogP contribution is 2.19. The van der Waals surface area contributed by atoms with E-state index in [1.54, 1.807) is 6.20 Å². The number of aromatic amines is 1. The summed E-state index contributed by atoms with van der Waals surface area (Å²) in [5.74, 6) is -3.38. The van der Waals surface area contributed by atoms with Crippen molar-refractivity contribution < 1.29 is 29.4 Å². The summed E-state index contributed by atoms with van der Waals surface area (Å²) in [7, 11) is 0. The number of aliphatic carboxylic acids is 1. The topological polar surface area (TPSA) is 187 Å². The van der Waals surface area contributed by atoms with E-state index in [1.807, 2.05) is 68.4 Å². The number of aliphatic hydroxyl groups is 1. The van der Waals surface area contributed by atoms with Gasteiger partial charge in [0.2, 0.25) is 17.7 Å². The summed E-state index contributed by atoms with van der Waals surface area (Å²) < 4.78 is 0. The second kappa shape index (κ2) is 14.4. The number of rotatable bonds is 14. The van der Waals surface area contributed by atoms with Gasteiger partial charge in [0.25, 0.3) is 0 Å². The number of para-hydroxylation sites is 1. The summed E-state index contributed by atoms with van der Waals surface area (Å²) in [6.45, 7) is 4.94. The zero-order valence-corrected chi connectivity index (χ0v) is 23.5. The van der Waals surface area contributed by atoms with Gasteiger partial charge >= 0.3 is 5.97 Å². The molecule has 0 aliphatic rings. The normalized spacial score (nSPS) is 15.0. The van der Waals surface area contributed by atoms with E-state index in [0.717, 1.165) is 22.0 Å². The molecule has 3 aromatic rings. The molecule has 41 heavy (non-hydrogen) atoms. The van der Waals surface area contributed by atoms with Gasteiger partial charge in [-0.05, 0) is 42.9 Å². The maximum absolute atomic E-state index is 13.6. The quantitative estimate of drug-likeness (QED) is 0.153. The van der Waals surface area contributed by atoms with Crippen molar-refractivity contribution in [3.8, 4) is 0 Å². The van der Waals surface area contributed by atoms with Crippen LogP contribution >= 0.6 is 0 Å². The van der Waals surface area contributed by atoms with Crippen molar-refractivity contribution in [2.24, 2.45) is 11.7 Å². The van der Waals surface area contributed by atoms with Gasteiger partial charge in [0.15, 0.2) is 0 Å². The van der Waals surface area contributed by atoms with E-state index >= 15 is 0 Å². The second-order valence-electron chi connectivity index (χ2n) is 10.7. The Bertz CT molecular complexity index is 1340. The van der Waals surface area contributed by atoms with Crippen LogP contribution in [0.4, 0.5) is 0 Å². The number of carboxylic acids is 1. The van der Waals surface area contributed by atoms with Crippen molar-refractivity contribution in [3.05, 3.63) is 71.9 Å². The molecule has 0 fully saturated rings. The van der Waals surface area contributed by atoms with Crippen molar-refractivity contribution in [1.82, 2.24) is 20.9 Å². The number of nitrogens with two attached hydrogens (primary N) is 1. The number of carbonyl (C=O) groups is 4. The number of aliphatic hydroxyl groups excluding tert-OH is 1. The molecule has 3 amide bonds. The Kier molecular flexibility index (Phi) is 11.0. The molecule has 1 aromatic heterocycles. The predicted molar refractivity (Wildman–Crippen MR) is 155 cm³/mol. The number of carbonyl (C=O) groups excluding carboxylic acids is 3. The minimum absolute atomic E-state index is 0.0214. The van der Waals surface area contributed by atoms with Crippen LogP contribution in [0, 0.1) is 5.92 Å². The largest absolute Gasteiger partial charge is 0.480 e. The summed E-state index contributed by atoms with van der Waals surface area (Å²) in [5, 5.41) is 28.3. The van der Waals surface area contributed by atoms with E-state index in [2.05, 4.69) is 20.9 Å². The highest BCUT2D eigenvalue weighted by molar-refractivity contribution is 5.95. The number of carboxylic acid groups (broad SMARTS) is 1. The van der Waals surface area contributed by atoms with Crippen LogP contribution in [0.15, 0.2) is 60.8 Å². The van der Waals surface area contributed by atoms with Crippen LogP contribution in [-0.2, 0) is 32.0 Å². The number of amides is 3. The van der Waals surface area contributed by atoms with Gasteiger partial charge in [-0.15, -0.1) is 0 Å². The van der Waals surface area contributed by atoms with Crippen LogP contribution in [-0.4, -0.2) is 69.2 Å². The van der Waals surface area contributed by atoms with Gasteiger partial charge in [-0.1, -0.05) is 62.4 Å². The van der Waals surface area contributed by atoms with Gasteiger partial charge in [0, 0.05) is 23.5 Å². The third-order valence-electron chi connectivity index (χ3n) is 6.75. The van der Waals surface area contributed by atoms with E-state index in [9.17, 15) is 29.4 Å². The van der Waals surface area contributed by atoms with E-state index in [4.69, 9.17) is 5.73 Å². The lowest BCUT2D eigenvalue weighted by Gasteiger charge is -2.27. The van der Waals surface area contributed by atoms with Crippen molar-refractivity contribution in [2.45, 2.75) is 70.3 Å². The van der Waals surface area contributed by atoms with Crippen LogP contribution < -0.4 is 21.7 Å². The molecule has 0 radical (unpaired) electrons. The first-order valence-corrected chi connectivity index (χ1v) is 13.6. The Balaban J connectivity index is 1.81. The molecule has 11 heteroatoms. The molecule has 220 valence electrons. The first kappa shape index (κ1) is 31.3. The van der Waals surface area contributed by atoms with Crippen molar-refractivity contribution in [1.29, 1.82) is 0 Å². The van der Waals surface area contributed by atoms with Gasteiger partial charge in [0.1, 0.15) is 18.1 Å². The summed E-state index contributed by atoms with van der Waals surface area (Å²) in [4.78, 5) is 54.5. The van der Waals surface area contributed by atoms with Crippen molar-refractivity contribution in [2.75, 3.05) is 0 Å². The molecule has 0 aliphatic heterocycles. The maximum atomic E-state index is 13.6.